The van der Waals surface area contributed by atoms with Gasteiger partial charge in [-0.1, -0.05) is 141 Å². The lowest BCUT2D eigenvalue weighted by atomic mass is 9.98. The van der Waals surface area contributed by atoms with Crippen LogP contribution in [0.15, 0.2) is 24.3 Å². The van der Waals surface area contributed by atoms with Gasteiger partial charge in [-0.3, -0.25) is 4.79 Å². The number of esters is 1. The molecule has 2 fully saturated rings. The molecule has 63 heavy (non-hydrogen) atoms. The fraction of sp³-hybridized carbons (Fsp3) is 0.898. The van der Waals surface area contributed by atoms with E-state index in [4.69, 9.17) is 28.4 Å². The second-order valence-corrected chi connectivity index (χ2v) is 17.6. The number of carbonyl (C=O) groups excluding carboxylic acids is 1. The number of hydrogen-bond donors (Lipinski definition) is 7. The Labute approximate surface area is 379 Å². The van der Waals surface area contributed by atoms with Gasteiger partial charge in [-0.2, -0.15) is 0 Å². The number of aliphatic hydroxyl groups excluding tert-OH is 7. The molecule has 7 N–H and O–H groups in total. The van der Waals surface area contributed by atoms with E-state index in [2.05, 4.69) is 38.2 Å². The van der Waals surface area contributed by atoms with Crippen molar-refractivity contribution in [2.24, 2.45) is 0 Å². The molecule has 0 amide bonds. The minimum Gasteiger partial charge on any atom is -0.457 e. The maximum Gasteiger partial charge on any atom is 0.306 e. The Bertz CT molecular complexity index is 1140. The van der Waals surface area contributed by atoms with E-state index >= 15 is 0 Å². The van der Waals surface area contributed by atoms with Crippen molar-refractivity contribution in [3.05, 3.63) is 24.3 Å². The number of aliphatic hydroxyl groups is 7. The Hall–Kier alpha value is -1.53. The van der Waals surface area contributed by atoms with Crippen LogP contribution in [0.1, 0.15) is 181 Å². The Morgan fingerprint density at radius 1 is 0.508 bits per heavy atom. The molecule has 0 aromatic rings. The third kappa shape index (κ3) is 25.8. The van der Waals surface area contributed by atoms with Crippen LogP contribution in [0.3, 0.4) is 0 Å². The summed E-state index contributed by atoms with van der Waals surface area (Å²) < 4.78 is 34.2. The van der Waals surface area contributed by atoms with Gasteiger partial charge in [-0.15, -0.1) is 0 Å². The zero-order valence-electron chi connectivity index (χ0n) is 39.1. The van der Waals surface area contributed by atoms with Gasteiger partial charge >= 0.3 is 5.97 Å². The molecule has 2 aliphatic heterocycles. The summed E-state index contributed by atoms with van der Waals surface area (Å²) in [5, 5.41) is 72.0. The molecule has 0 aromatic carbocycles. The molecule has 0 bridgehead atoms. The van der Waals surface area contributed by atoms with Gasteiger partial charge in [0.05, 0.1) is 26.4 Å². The number of carbonyl (C=O) groups is 1. The Morgan fingerprint density at radius 3 is 1.51 bits per heavy atom. The van der Waals surface area contributed by atoms with Crippen LogP contribution in [0.4, 0.5) is 0 Å². The number of rotatable bonds is 39. The molecule has 0 spiro atoms. The molecular formula is C49H90O14. The van der Waals surface area contributed by atoms with E-state index in [1.165, 1.54) is 89.9 Å². The van der Waals surface area contributed by atoms with E-state index in [1.54, 1.807) is 0 Å². The summed E-state index contributed by atoms with van der Waals surface area (Å²) in [6.45, 7) is 3.61. The molecule has 370 valence electrons. The third-order valence-electron chi connectivity index (χ3n) is 11.9. The van der Waals surface area contributed by atoms with Gasteiger partial charge < -0.3 is 64.2 Å². The minimum atomic E-state index is -1.71. The second-order valence-electron chi connectivity index (χ2n) is 17.6. The van der Waals surface area contributed by atoms with E-state index < -0.39 is 80.7 Å². The van der Waals surface area contributed by atoms with Crippen molar-refractivity contribution in [1.29, 1.82) is 0 Å². The quantitative estimate of drug-likeness (QED) is 0.0191. The zero-order valence-corrected chi connectivity index (χ0v) is 39.1. The maximum absolute atomic E-state index is 12.9. The van der Waals surface area contributed by atoms with Crippen molar-refractivity contribution < 1.29 is 69.0 Å². The molecule has 11 atom stereocenters. The van der Waals surface area contributed by atoms with Crippen molar-refractivity contribution in [3.8, 4) is 0 Å². The summed E-state index contributed by atoms with van der Waals surface area (Å²) in [5.41, 5.74) is 0. The highest BCUT2D eigenvalue weighted by Gasteiger charge is 2.47. The second kappa shape index (κ2) is 37.5. The fourth-order valence-electron chi connectivity index (χ4n) is 7.81. The Kier molecular flexibility index (Phi) is 34.3. The number of hydrogen-bond acceptors (Lipinski definition) is 14. The largest absolute Gasteiger partial charge is 0.457 e. The van der Waals surface area contributed by atoms with Crippen LogP contribution in [-0.2, 0) is 33.2 Å². The van der Waals surface area contributed by atoms with E-state index in [9.17, 15) is 40.5 Å². The van der Waals surface area contributed by atoms with Crippen LogP contribution in [0.5, 0.6) is 0 Å². The average molecular weight is 903 g/mol. The van der Waals surface area contributed by atoms with Gasteiger partial charge in [0.2, 0.25) is 0 Å². The van der Waals surface area contributed by atoms with Crippen molar-refractivity contribution in [2.75, 3.05) is 33.0 Å². The van der Waals surface area contributed by atoms with Crippen molar-refractivity contribution in [1.82, 2.24) is 0 Å². The SMILES string of the molecule is CCC/C=C\CCCCCCCC(=O)OC(COCCCCCCCCCC/C=C\CCCCCCCCC)COC1OC(COC2OC(CO)C(O)C(O)C2O)C(O)C(O)C1O. The summed E-state index contributed by atoms with van der Waals surface area (Å²) in [7, 11) is 0. The fourth-order valence-corrected chi connectivity index (χ4v) is 7.81. The van der Waals surface area contributed by atoms with Crippen LogP contribution >= 0.6 is 0 Å². The van der Waals surface area contributed by atoms with Crippen LogP contribution in [-0.4, -0.2) is 142 Å². The van der Waals surface area contributed by atoms with E-state index in [0.717, 1.165) is 64.2 Å². The van der Waals surface area contributed by atoms with E-state index in [-0.39, 0.29) is 25.6 Å². The van der Waals surface area contributed by atoms with Crippen LogP contribution < -0.4 is 0 Å². The standard InChI is InChI=1S/C49H90O14/c1-3-5-7-9-11-13-15-16-17-18-19-20-21-22-23-25-27-29-31-33-58-35-38(61-41(51)32-30-28-26-24-14-12-10-8-6-4-2)36-59-48-47(57)45(55)43(53)40(63-48)37-60-49-46(56)44(54)42(52)39(34-50)62-49/h8,10,17-18,38-40,42-50,52-57H,3-7,9,11-16,19-37H2,1-2H3/b10-8-,18-17-. The Morgan fingerprint density at radius 2 is 0.968 bits per heavy atom. The van der Waals surface area contributed by atoms with Crippen LogP contribution in [0.25, 0.3) is 0 Å². The first-order chi connectivity index (χ1) is 30.6. The first-order valence-electron chi connectivity index (χ1n) is 24.9. The summed E-state index contributed by atoms with van der Waals surface area (Å²) in [4.78, 5) is 12.9. The summed E-state index contributed by atoms with van der Waals surface area (Å²) in [5.74, 6) is -0.388. The molecule has 2 aliphatic rings. The van der Waals surface area contributed by atoms with Gasteiger partial charge in [0, 0.05) is 13.0 Å². The first-order valence-corrected chi connectivity index (χ1v) is 24.9. The molecular weight excluding hydrogens is 813 g/mol. The lowest BCUT2D eigenvalue weighted by Crippen LogP contribution is -2.61. The normalized spacial score (nSPS) is 27.1. The molecule has 14 nitrogen and oxygen atoms in total. The molecule has 0 radical (unpaired) electrons. The van der Waals surface area contributed by atoms with E-state index in [1.807, 2.05) is 0 Å². The summed E-state index contributed by atoms with van der Waals surface area (Å²) in [6.07, 6.45) is 22.5. The van der Waals surface area contributed by atoms with E-state index in [0.29, 0.717) is 13.0 Å². The highest BCUT2D eigenvalue weighted by atomic mass is 16.7. The highest BCUT2D eigenvalue weighted by molar-refractivity contribution is 5.69. The Balaban J connectivity index is 1.75. The molecule has 2 saturated heterocycles. The molecule has 0 aliphatic carbocycles. The summed E-state index contributed by atoms with van der Waals surface area (Å²) in [6, 6.07) is 0. The lowest BCUT2D eigenvalue weighted by molar-refractivity contribution is -0.332. The van der Waals surface area contributed by atoms with Gasteiger partial charge in [0.25, 0.3) is 0 Å². The number of allylic oxidation sites excluding steroid dienone is 4. The average Bonchev–Trinajstić information content (AvgIpc) is 3.28. The van der Waals surface area contributed by atoms with Gasteiger partial charge in [-0.25, -0.2) is 0 Å². The monoisotopic (exact) mass is 903 g/mol. The number of unbranched alkanes of at least 4 members (excludes halogenated alkanes) is 21. The molecule has 2 heterocycles. The third-order valence-corrected chi connectivity index (χ3v) is 11.9. The number of ether oxygens (including phenoxy) is 6. The predicted molar refractivity (Wildman–Crippen MR) is 243 cm³/mol. The van der Waals surface area contributed by atoms with Crippen molar-refractivity contribution in [2.45, 2.75) is 248 Å². The van der Waals surface area contributed by atoms with Gasteiger partial charge in [0.15, 0.2) is 12.6 Å². The topological polar surface area (TPSA) is 214 Å². The zero-order chi connectivity index (χ0) is 45.9. The maximum atomic E-state index is 12.9. The van der Waals surface area contributed by atoms with Crippen LogP contribution in [0, 0.1) is 0 Å². The smallest absolute Gasteiger partial charge is 0.306 e. The van der Waals surface area contributed by atoms with Crippen LogP contribution in [0.2, 0.25) is 0 Å². The molecule has 14 heteroatoms. The molecule has 11 unspecified atom stereocenters. The lowest BCUT2D eigenvalue weighted by Gasteiger charge is -2.42. The van der Waals surface area contributed by atoms with Crippen molar-refractivity contribution in [3.63, 3.8) is 0 Å². The van der Waals surface area contributed by atoms with Crippen molar-refractivity contribution >= 4 is 5.97 Å². The molecule has 0 saturated carbocycles. The first kappa shape index (κ1) is 57.6. The minimum absolute atomic E-state index is 0.0580. The highest BCUT2D eigenvalue weighted by Crippen LogP contribution is 2.26. The molecule has 0 aromatic heterocycles. The predicted octanol–water partition coefficient (Wildman–Crippen LogP) is 6.85. The van der Waals surface area contributed by atoms with Gasteiger partial charge in [0.1, 0.15) is 54.9 Å². The van der Waals surface area contributed by atoms with Gasteiger partial charge in [-0.05, 0) is 57.8 Å². The summed E-state index contributed by atoms with van der Waals surface area (Å²) >= 11 is 0. The molecule has 2 rings (SSSR count).